The van der Waals surface area contributed by atoms with E-state index in [0.29, 0.717) is 18.8 Å². The summed E-state index contributed by atoms with van der Waals surface area (Å²) in [7, 11) is -2.39. The average Bonchev–Trinajstić information content (AvgIpc) is 3.10. The Balaban J connectivity index is 1.92. The molecule has 0 spiro atoms. The Morgan fingerprint density at radius 3 is 2.65 bits per heavy atom. The van der Waals surface area contributed by atoms with E-state index >= 15 is 0 Å². The van der Waals surface area contributed by atoms with Gasteiger partial charge in [0.25, 0.3) is 5.69 Å². The lowest BCUT2D eigenvalue weighted by molar-refractivity contribution is -0.384. The maximum absolute atomic E-state index is 11.5. The smallest absolute Gasteiger partial charge is 0.293 e. The molecule has 2 aromatic rings. The zero-order chi connectivity index (χ0) is 18.9. The first-order valence-electron chi connectivity index (χ1n) is 8.00. The summed E-state index contributed by atoms with van der Waals surface area (Å²) in [5, 5.41) is 16.5. The topological polar surface area (TPSA) is 116 Å². The van der Waals surface area contributed by atoms with Crippen LogP contribution in [0.5, 0.6) is 5.75 Å². The molecule has 1 aliphatic heterocycles. The molecule has 1 atom stereocenters. The number of para-hydroxylation sites is 1. The molecule has 0 saturated carbocycles. The number of anilines is 1. The first-order chi connectivity index (χ1) is 12.3. The van der Waals surface area contributed by atoms with Gasteiger partial charge in [-0.25, -0.2) is 13.6 Å². The molecular formula is C17H19N3O5S. The van der Waals surface area contributed by atoms with Crippen molar-refractivity contribution in [3.63, 3.8) is 0 Å². The van der Waals surface area contributed by atoms with E-state index in [1.165, 1.54) is 12.1 Å². The molecule has 0 amide bonds. The minimum atomic E-state index is -4.00. The number of primary sulfonamides is 1. The minimum absolute atomic E-state index is 0.170. The van der Waals surface area contributed by atoms with Crippen molar-refractivity contribution in [3.05, 3.63) is 58.1 Å². The second-order valence-corrected chi connectivity index (χ2v) is 7.69. The number of hydrogen-bond acceptors (Lipinski definition) is 6. The summed E-state index contributed by atoms with van der Waals surface area (Å²) >= 11 is 0. The molecule has 1 heterocycles. The molecule has 1 aliphatic rings. The second-order valence-electron chi connectivity index (χ2n) is 6.13. The van der Waals surface area contributed by atoms with E-state index in [1.807, 2.05) is 29.2 Å². The Hall–Kier alpha value is -2.65. The van der Waals surface area contributed by atoms with Gasteiger partial charge in [-0.1, -0.05) is 18.2 Å². The van der Waals surface area contributed by atoms with Crippen LogP contribution in [0.2, 0.25) is 0 Å². The first kappa shape index (κ1) is 18.2. The third-order valence-corrected chi connectivity index (χ3v) is 5.49. The summed E-state index contributed by atoms with van der Waals surface area (Å²) in [6.45, 7) is 1.20. The van der Waals surface area contributed by atoms with Gasteiger partial charge in [0.2, 0.25) is 10.0 Å². The number of nitrogens with zero attached hydrogens (tertiary/aromatic N) is 2. The summed E-state index contributed by atoms with van der Waals surface area (Å²) in [4.78, 5) is 12.5. The standard InChI is InChI=1S/C17H19N3O5S/c1-25-17-5-3-2-4-14(17)12-8-9-19(11-12)15-7-6-13(26(18,23)24)10-16(15)20(21)22/h2-7,10,12H,8-9,11H2,1H3,(H2,18,23,24). The van der Waals surface area contributed by atoms with Gasteiger partial charge in [0.05, 0.1) is 16.9 Å². The summed E-state index contributed by atoms with van der Waals surface area (Å²) in [6, 6.07) is 11.5. The third-order valence-electron chi connectivity index (χ3n) is 4.58. The third kappa shape index (κ3) is 3.49. The number of ether oxygens (including phenoxy) is 1. The largest absolute Gasteiger partial charge is 0.496 e. The molecule has 2 aromatic carbocycles. The highest BCUT2D eigenvalue weighted by Crippen LogP contribution is 2.38. The Bertz CT molecular complexity index is 945. The number of nitro benzene ring substituents is 1. The van der Waals surface area contributed by atoms with Crippen LogP contribution >= 0.6 is 0 Å². The molecule has 8 nitrogen and oxygen atoms in total. The monoisotopic (exact) mass is 377 g/mol. The number of benzene rings is 2. The van der Waals surface area contributed by atoms with E-state index in [0.717, 1.165) is 23.8 Å². The molecule has 0 aliphatic carbocycles. The van der Waals surface area contributed by atoms with Crippen molar-refractivity contribution in [1.29, 1.82) is 0 Å². The summed E-state index contributed by atoms with van der Waals surface area (Å²) in [6.07, 6.45) is 0.814. The van der Waals surface area contributed by atoms with Gasteiger partial charge in [0.15, 0.2) is 0 Å². The molecule has 9 heteroatoms. The minimum Gasteiger partial charge on any atom is -0.496 e. The Morgan fingerprint density at radius 2 is 2.00 bits per heavy atom. The van der Waals surface area contributed by atoms with E-state index in [2.05, 4.69) is 0 Å². The van der Waals surface area contributed by atoms with Gasteiger partial charge in [-0.3, -0.25) is 10.1 Å². The highest BCUT2D eigenvalue weighted by atomic mass is 32.2. The predicted octanol–water partition coefficient (Wildman–Crippen LogP) is 2.24. The van der Waals surface area contributed by atoms with Crippen LogP contribution in [0.4, 0.5) is 11.4 Å². The van der Waals surface area contributed by atoms with Crippen LogP contribution in [0, 0.1) is 10.1 Å². The molecule has 1 saturated heterocycles. The number of methoxy groups -OCH3 is 1. The van der Waals surface area contributed by atoms with Crippen LogP contribution in [0.1, 0.15) is 17.9 Å². The average molecular weight is 377 g/mol. The highest BCUT2D eigenvalue weighted by Gasteiger charge is 2.30. The van der Waals surface area contributed by atoms with Crippen LogP contribution in [-0.4, -0.2) is 33.5 Å². The molecule has 0 bridgehead atoms. The summed E-state index contributed by atoms with van der Waals surface area (Å²) in [5.41, 5.74) is 1.18. The molecule has 138 valence electrons. The molecule has 0 aromatic heterocycles. The predicted molar refractivity (Wildman–Crippen MR) is 97.0 cm³/mol. The lowest BCUT2D eigenvalue weighted by atomic mass is 9.97. The summed E-state index contributed by atoms with van der Waals surface area (Å²) in [5.74, 6) is 0.960. The van der Waals surface area contributed by atoms with Gasteiger partial charge in [-0.15, -0.1) is 0 Å². The van der Waals surface area contributed by atoms with Crippen LogP contribution in [0.3, 0.4) is 0 Å². The van der Waals surface area contributed by atoms with Gasteiger partial charge in [0, 0.05) is 25.1 Å². The fourth-order valence-corrected chi connectivity index (χ4v) is 3.86. The number of nitrogens with two attached hydrogens (primary N) is 1. The van der Waals surface area contributed by atoms with Crippen molar-refractivity contribution in [1.82, 2.24) is 0 Å². The van der Waals surface area contributed by atoms with Crippen LogP contribution in [-0.2, 0) is 10.0 Å². The molecular weight excluding hydrogens is 358 g/mol. The second kappa shape index (κ2) is 6.93. The fourth-order valence-electron chi connectivity index (χ4n) is 3.33. The molecule has 26 heavy (non-hydrogen) atoms. The maximum Gasteiger partial charge on any atom is 0.293 e. The highest BCUT2D eigenvalue weighted by molar-refractivity contribution is 7.89. The van der Waals surface area contributed by atoms with Gasteiger partial charge < -0.3 is 9.64 Å². The van der Waals surface area contributed by atoms with E-state index < -0.39 is 14.9 Å². The molecule has 1 unspecified atom stereocenters. The van der Waals surface area contributed by atoms with Crippen molar-refractivity contribution in [2.45, 2.75) is 17.2 Å². The van der Waals surface area contributed by atoms with Crippen molar-refractivity contribution >= 4 is 21.4 Å². The number of nitro groups is 1. The van der Waals surface area contributed by atoms with Crippen molar-refractivity contribution < 1.29 is 18.1 Å². The van der Waals surface area contributed by atoms with Crippen molar-refractivity contribution in [3.8, 4) is 5.75 Å². The Morgan fingerprint density at radius 1 is 1.27 bits per heavy atom. The van der Waals surface area contributed by atoms with Gasteiger partial charge >= 0.3 is 0 Å². The van der Waals surface area contributed by atoms with Gasteiger partial charge in [0.1, 0.15) is 11.4 Å². The Kier molecular flexibility index (Phi) is 4.84. The molecule has 0 radical (unpaired) electrons. The lowest BCUT2D eigenvalue weighted by Gasteiger charge is -2.20. The van der Waals surface area contributed by atoms with Crippen molar-refractivity contribution in [2.24, 2.45) is 5.14 Å². The zero-order valence-corrected chi connectivity index (χ0v) is 15.0. The van der Waals surface area contributed by atoms with Crippen LogP contribution in [0.15, 0.2) is 47.4 Å². The first-order valence-corrected chi connectivity index (χ1v) is 9.55. The molecule has 1 fully saturated rings. The number of sulfonamides is 1. The van der Waals surface area contributed by atoms with Gasteiger partial charge in [-0.2, -0.15) is 0 Å². The van der Waals surface area contributed by atoms with E-state index in [1.54, 1.807) is 7.11 Å². The van der Waals surface area contributed by atoms with Crippen molar-refractivity contribution in [2.75, 3.05) is 25.1 Å². The lowest BCUT2D eigenvalue weighted by Crippen LogP contribution is -2.21. The van der Waals surface area contributed by atoms with E-state index in [-0.39, 0.29) is 16.5 Å². The van der Waals surface area contributed by atoms with E-state index in [9.17, 15) is 18.5 Å². The molecule has 2 N–H and O–H groups in total. The quantitative estimate of drug-likeness (QED) is 0.631. The van der Waals surface area contributed by atoms with E-state index in [4.69, 9.17) is 9.88 Å². The van der Waals surface area contributed by atoms with Gasteiger partial charge in [-0.05, 0) is 30.2 Å². The van der Waals surface area contributed by atoms with Crippen LogP contribution in [0.25, 0.3) is 0 Å². The normalized spacial score (nSPS) is 17.3. The Labute approximate surface area is 151 Å². The number of hydrogen-bond donors (Lipinski definition) is 1. The zero-order valence-electron chi connectivity index (χ0n) is 14.2. The fraction of sp³-hybridized carbons (Fsp3) is 0.294. The SMILES string of the molecule is COc1ccccc1C1CCN(c2ccc(S(N)(=O)=O)cc2[N+](=O)[O-])C1. The maximum atomic E-state index is 11.5. The number of rotatable bonds is 5. The molecule has 3 rings (SSSR count). The summed E-state index contributed by atoms with van der Waals surface area (Å²) < 4.78 is 28.4. The van der Waals surface area contributed by atoms with Crippen LogP contribution < -0.4 is 14.8 Å².